The first kappa shape index (κ1) is 7.63. The Labute approximate surface area is 50.1 Å². The molecule has 2 N–H and O–H groups in total. The Bertz CT molecular complexity index is 63.5. The van der Waals surface area contributed by atoms with Gasteiger partial charge >= 0.3 is 0 Å². The van der Waals surface area contributed by atoms with Gasteiger partial charge in [0.25, 0.3) is 0 Å². The van der Waals surface area contributed by atoms with Crippen molar-refractivity contribution in [2.75, 3.05) is 6.54 Å². The lowest BCUT2D eigenvalue weighted by atomic mass is 10.1. The summed E-state index contributed by atoms with van der Waals surface area (Å²) in [6.07, 6.45) is 2.73. The zero-order chi connectivity index (χ0) is 6.41. The first-order valence-corrected chi connectivity index (χ1v) is 3.00. The number of aldehydes is 1. The number of carbonyl (C=O) groups is 1. The third-order valence-corrected chi connectivity index (χ3v) is 1.25. The van der Waals surface area contributed by atoms with E-state index >= 15 is 0 Å². The molecule has 0 amide bonds. The van der Waals surface area contributed by atoms with E-state index in [0.29, 0.717) is 6.54 Å². The van der Waals surface area contributed by atoms with E-state index in [9.17, 15) is 4.79 Å². The van der Waals surface area contributed by atoms with E-state index in [0.717, 1.165) is 19.1 Å². The van der Waals surface area contributed by atoms with Gasteiger partial charge in [0.15, 0.2) is 0 Å². The van der Waals surface area contributed by atoms with E-state index in [4.69, 9.17) is 5.73 Å². The van der Waals surface area contributed by atoms with E-state index in [-0.39, 0.29) is 5.92 Å². The first-order valence-electron chi connectivity index (χ1n) is 3.00. The molecule has 0 aliphatic heterocycles. The van der Waals surface area contributed by atoms with Crippen LogP contribution < -0.4 is 5.73 Å². The van der Waals surface area contributed by atoms with Crippen molar-refractivity contribution < 1.29 is 4.79 Å². The summed E-state index contributed by atoms with van der Waals surface area (Å²) in [5.74, 6) is 0.194. The lowest BCUT2D eigenvalue weighted by Gasteiger charge is -2.01. The van der Waals surface area contributed by atoms with Gasteiger partial charge in [-0.25, -0.2) is 0 Å². The van der Waals surface area contributed by atoms with Crippen molar-refractivity contribution in [3.05, 3.63) is 0 Å². The number of rotatable bonds is 4. The molecule has 48 valence electrons. The third-order valence-electron chi connectivity index (χ3n) is 1.25. The molecule has 0 aromatic rings. The average molecular weight is 115 g/mol. The van der Waals surface area contributed by atoms with Gasteiger partial charge in [0.2, 0.25) is 0 Å². The molecule has 0 saturated carbocycles. The highest BCUT2D eigenvalue weighted by Crippen LogP contribution is 2.00. The molecule has 0 aliphatic rings. The Morgan fingerprint density at radius 3 is 2.50 bits per heavy atom. The average Bonchev–Trinajstić information content (AvgIpc) is 1.83. The van der Waals surface area contributed by atoms with Crippen LogP contribution in [0.25, 0.3) is 0 Å². The third kappa shape index (κ3) is 2.75. The van der Waals surface area contributed by atoms with Crippen molar-refractivity contribution in [2.45, 2.75) is 19.8 Å². The summed E-state index contributed by atoms with van der Waals surface area (Å²) in [4.78, 5) is 10.1. The van der Waals surface area contributed by atoms with Gasteiger partial charge in [-0.05, 0) is 19.4 Å². The second kappa shape index (κ2) is 4.78. The van der Waals surface area contributed by atoms with Gasteiger partial charge in [0.05, 0.1) is 0 Å². The van der Waals surface area contributed by atoms with E-state index in [2.05, 4.69) is 0 Å². The minimum absolute atomic E-state index is 0.194. The fourth-order valence-corrected chi connectivity index (χ4v) is 0.582. The van der Waals surface area contributed by atoms with Crippen LogP contribution in [-0.2, 0) is 4.79 Å². The molecule has 0 radical (unpaired) electrons. The molecule has 0 aromatic carbocycles. The molecule has 2 heteroatoms. The number of hydrogen-bond acceptors (Lipinski definition) is 2. The topological polar surface area (TPSA) is 43.1 Å². The Morgan fingerprint density at radius 1 is 1.75 bits per heavy atom. The number of carbonyl (C=O) groups excluding carboxylic acids is 1. The van der Waals surface area contributed by atoms with Crippen LogP contribution >= 0.6 is 0 Å². The standard InChI is InChI=1S/C6H13NO/c1-2-6(5-8)3-4-7/h5-6H,2-4,7H2,1H3. The summed E-state index contributed by atoms with van der Waals surface area (Å²) in [6.45, 7) is 2.62. The second-order valence-corrected chi connectivity index (χ2v) is 1.88. The van der Waals surface area contributed by atoms with Crippen molar-refractivity contribution in [1.82, 2.24) is 0 Å². The van der Waals surface area contributed by atoms with Crippen molar-refractivity contribution in [2.24, 2.45) is 11.7 Å². The fraction of sp³-hybridized carbons (Fsp3) is 0.833. The van der Waals surface area contributed by atoms with E-state index in [1.807, 2.05) is 6.92 Å². The highest BCUT2D eigenvalue weighted by Gasteiger charge is 1.99. The Balaban J connectivity index is 3.21. The van der Waals surface area contributed by atoms with Crippen LogP contribution in [0.3, 0.4) is 0 Å². The SMILES string of the molecule is CCC(C=O)CCN. The molecule has 1 unspecified atom stereocenters. The largest absolute Gasteiger partial charge is 0.330 e. The zero-order valence-electron chi connectivity index (χ0n) is 5.26. The molecule has 0 heterocycles. The first-order chi connectivity index (χ1) is 3.85. The number of nitrogens with two attached hydrogens (primary N) is 1. The summed E-state index contributed by atoms with van der Waals surface area (Å²) >= 11 is 0. The molecule has 0 rings (SSSR count). The Hall–Kier alpha value is -0.370. The summed E-state index contributed by atoms with van der Waals surface area (Å²) in [5, 5.41) is 0. The molecule has 0 fully saturated rings. The lowest BCUT2D eigenvalue weighted by Crippen LogP contribution is -2.08. The quantitative estimate of drug-likeness (QED) is 0.544. The summed E-state index contributed by atoms with van der Waals surface area (Å²) in [7, 11) is 0. The lowest BCUT2D eigenvalue weighted by molar-refractivity contribution is -0.111. The smallest absolute Gasteiger partial charge is 0.123 e. The highest BCUT2D eigenvalue weighted by molar-refractivity contribution is 5.53. The maximum absolute atomic E-state index is 10.1. The van der Waals surface area contributed by atoms with Gasteiger partial charge in [-0.3, -0.25) is 0 Å². The minimum Gasteiger partial charge on any atom is -0.330 e. The van der Waals surface area contributed by atoms with Crippen molar-refractivity contribution in [3.63, 3.8) is 0 Å². The van der Waals surface area contributed by atoms with Crippen molar-refractivity contribution in [3.8, 4) is 0 Å². The van der Waals surface area contributed by atoms with Crippen LogP contribution in [-0.4, -0.2) is 12.8 Å². The summed E-state index contributed by atoms with van der Waals surface area (Å²) < 4.78 is 0. The molecule has 2 nitrogen and oxygen atoms in total. The Morgan fingerprint density at radius 2 is 2.38 bits per heavy atom. The molecular formula is C6H13NO. The molecule has 0 aromatic heterocycles. The maximum Gasteiger partial charge on any atom is 0.123 e. The van der Waals surface area contributed by atoms with Gasteiger partial charge in [-0.1, -0.05) is 6.92 Å². The highest BCUT2D eigenvalue weighted by atomic mass is 16.1. The molecule has 0 spiro atoms. The predicted octanol–water partition coefficient (Wildman–Crippen LogP) is 0.560. The maximum atomic E-state index is 10.1. The van der Waals surface area contributed by atoms with Crippen LogP contribution in [0.5, 0.6) is 0 Å². The normalized spacial score (nSPS) is 13.2. The number of hydrogen-bond donors (Lipinski definition) is 1. The minimum atomic E-state index is 0.194. The van der Waals surface area contributed by atoms with Crippen molar-refractivity contribution in [1.29, 1.82) is 0 Å². The van der Waals surface area contributed by atoms with Crippen LogP contribution in [0.4, 0.5) is 0 Å². The predicted molar refractivity (Wildman–Crippen MR) is 33.5 cm³/mol. The zero-order valence-corrected chi connectivity index (χ0v) is 5.26. The van der Waals surface area contributed by atoms with Gasteiger partial charge < -0.3 is 10.5 Å². The summed E-state index contributed by atoms with van der Waals surface area (Å²) in [5.41, 5.74) is 5.22. The van der Waals surface area contributed by atoms with Crippen LogP contribution in [0.2, 0.25) is 0 Å². The van der Waals surface area contributed by atoms with Gasteiger partial charge in [0, 0.05) is 5.92 Å². The van der Waals surface area contributed by atoms with Gasteiger partial charge in [0.1, 0.15) is 6.29 Å². The van der Waals surface area contributed by atoms with Crippen LogP contribution in [0.15, 0.2) is 0 Å². The van der Waals surface area contributed by atoms with Gasteiger partial charge in [-0.15, -0.1) is 0 Å². The van der Waals surface area contributed by atoms with Crippen molar-refractivity contribution >= 4 is 6.29 Å². The molecule has 1 atom stereocenters. The second-order valence-electron chi connectivity index (χ2n) is 1.88. The fourth-order valence-electron chi connectivity index (χ4n) is 0.582. The monoisotopic (exact) mass is 115 g/mol. The van der Waals surface area contributed by atoms with E-state index in [1.54, 1.807) is 0 Å². The molecular weight excluding hydrogens is 102 g/mol. The molecule has 0 bridgehead atoms. The van der Waals surface area contributed by atoms with Crippen LogP contribution in [0, 0.1) is 5.92 Å². The van der Waals surface area contributed by atoms with E-state index in [1.165, 1.54) is 0 Å². The van der Waals surface area contributed by atoms with E-state index < -0.39 is 0 Å². The molecule has 0 aliphatic carbocycles. The van der Waals surface area contributed by atoms with Gasteiger partial charge in [-0.2, -0.15) is 0 Å². The van der Waals surface area contributed by atoms with Crippen LogP contribution in [0.1, 0.15) is 19.8 Å². The Kier molecular flexibility index (Phi) is 4.56. The molecule has 0 saturated heterocycles. The summed E-state index contributed by atoms with van der Waals surface area (Å²) in [6, 6.07) is 0. The molecule has 8 heavy (non-hydrogen) atoms.